The average Bonchev–Trinajstić information content (AvgIpc) is 2.80. The lowest BCUT2D eigenvalue weighted by Gasteiger charge is -2.15. The molecule has 0 fully saturated rings. The maximum absolute atomic E-state index is 11.1. The molecule has 2 heterocycles. The highest BCUT2D eigenvalue weighted by atomic mass is 32.2. The summed E-state index contributed by atoms with van der Waals surface area (Å²) in [4.78, 5) is 10.3. The predicted molar refractivity (Wildman–Crippen MR) is 136 cm³/mol. The van der Waals surface area contributed by atoms with Crippen molar-refractivity contribution >= 4 is 31.9 Å². The minimum Gasteiger partial charge on any atom is -0.454 e. The van der Waals surface area contributed by atoms with Gasteiger partial charge in [0.05, 0.1) is 12.9 Å². The van der Waals surface area contributed by atoms with Crippen LogP contribution in [-0.2, 0) is 19.1 Å². The van der Waals surface area contributed by atoms with Crippen LogP contribution in [0.1, 0.15) is 32.8 Å². The molecule has 2 aromatic heterocycles. The third-order valence-corrected chi connectivity index (χ3v) is 5.40. The van der Waals surface area contributed by atoms with Crippen molar-refractivity contribution in [3.63, 3.8) is 0 Å². The Morgan fingerprint density at radius 1 is 1.06 bits per heavy atom. The molecule has 0 atom stereocenters. The summed E-state index contributed by atoms with van der Waals surface area (Å²) in [6.45, 7) is 5.80. The first-order chi connectivity index (χ1) is 16.6. The highest BCUT2D eigenvalue weighted by molar-refractivity contribution is 7.85. The van der Waals surface area contributed by atoms with E-state index in [1.807, 2.05) is 81.6 Å². The number of aromatic nitrogens is 1. The average molecular weight is 491 g/mol. The quantitative estimate of drug-likeness (QED) is 0.169. The number of nitrogens with zero attached hydrogens (tertiary/aromatic N) is 2. The van der Waals surface area contributed by atoms with Crippen LogP contribution in [0, 0.1) is 11.8 Å². The van der Waals surface area contributed by atoms with Crippen molar-refractivity contribution in [3.05, 3.63) is 71.7 Å². The van der Waals surface area contributed by atoms with Crippen LogP contribution in [-0.4, -0.2) is 31.9 Å². The summed E-state index contributed by atoms with van der Waals surface area (Å²) in [5.74, 6) is 6.49. The van der Waals surface area contributed by atoms with Crippen LogP contribution in [0.2, 0.25) is 0 Å². The van der Waals surface area contributed by atoms with Gasteiger partial charge < -0.3 is 9.25 Å². The van der Waals surface area contributed by atoms with Gasteiger partial charge in [-0.05, 0) is 50.4 Å². The summed E-state index contributed by atoms with van der Waals surface area (Å²) in [6.07, 6.45) is 3.11. The van der Waals surface area contributed by atoms with Gasteiger partial charge in [-0.25, -0.2) is 0 Å². The molecule has 180 valence electrons. The molecule has 35 heavy (non-hydrogen) atoms. The van der Waals surface area contributed by atoms with Crippen molar-refractivity contribution in [2.24, 2.45) is 5.16 Å². The Kier molecular flexibility index (Phi) is 6.92. The van der Waals surface area contributed by atoms with Gasteiger partial charge in [0.15, 0.2) is 5.76 Å². The predicted octanol–water partition coefficient (Wildman–Crippen LogP) is 5.00. The van der Waals surface area contributed by atoms with Gasteiger partial charge in [0.2, 0.25) is 0 Å². The first-order valence-corrected chi connectivity index (χ1v) is 12.9. The molecule has 0 spiro atoms. The van der Waals surface area contributed by atoms with Gasteiger partial charge in [0.25, 0.3) is 10.1 Å². The summed E-state index contributed by atoms with van der Waals surface area (Å²) in [5.41, 5.74) is 1.51. The number of pyridine rings is 1. The Hall–Kier alpha value is -3.67. The largest absolute Gasteiger partial charge is 0.454 e. The van der Waals surface area contributed by atoms with Gasteiger partial charge in [-0.1, -0.05) is 41.3 Å². The minimum atomic E-state index is -3.47. The maximum Gasteiger partial charge on any atom is 0.264 e. The molecule has 7 nitrogen and oxygen atoms in total. The highest BCUT2D eigenvalue weighted by Crippen LogP contribution is 2.24. The topological polar surface area (TPSA) is 91.0 Å². The van der Waals surface area contributed by atoms with Crippen LogP contribution >= 0.6 is 0 Å². The Morgan fingerprint density at radius 3 is 2.57 bits per heavy atom. The zero-order chi connectivity index (χ0) is 25.1. The first kappa shape index (κ1) is 24.5. The van der Waals surface area contributed by atoms with Crippen molar-refractivity contribution in [2.75, 3.05) is 12.9 Å². The lowest BCUT2D eigenvalue weighted by molar-refractivity contribution is -0.00586. The number of hydrogen-bond acceptors (Lipinski definition) is 7. The monoisotopic (exact) mass is 490 g/mol. The zero-order valence-corrected chi connectivity index (χ0v) is 20.8. The van der Waals surface area contributed by atoms with Crippen LogP contribution in [0.4, 0.5) is 0 Å². The molecule has 0 bridgehead atoms. The van der Waals surface area contributed by atoms with Gasteiger partial charge >= 0.3 is 0 Å². The summed E-state index contributed by atoms with van der Waals surface area (Å²) in [6, 6.07) is 17.3. The minimum absolute atomic E-state index is 0.00867. The first-order valence-electron chi connectivity index (χ1n) is 11.1. The third kappa shape index (κ3) is 6.69. The van der Waals surface area contributed by atoms with E-state index in [1.165, 1.54) is 0 Å². The van der Waals surface area contributed by atoms with Gasteiger partial charge in [0, 0.05) is 35.0 Å². The van der Waals surface area contributed by atoms with E-state index >= 15 is 0 Å². The van der Waals surface area contributed by atoms with Crippen molar-refractivity contribution in [2.45, 2.75) is 32.8 Å². The summed E-state index contributed by atoms with van der Waals surface area (Å²) < 4.78 is 33.1. The Labute approximate surface area is 204 Å². The van der Waals surface area contributed by atoms with E-state index in [2.05, 4.69) is 22.0 Å². The van der Waals surface area contributed by atoms with E-state index in [0.29, 0.717) is 28.0 Å². The van der Waals surface area contributed by atoms with Crippen LogP contribution < -0.4 is 5.36 Å². The van der Waals surface area contributed by atoms with Gasteiger partial charge in [-0.2, -0.15) is 8.42 Å². The molecule has 0 aliphatic carbocycles. The molecule has 8 heteroatoms. The van der Waals surface area contributed by atoms with E-state index < -0.39 is 15.7 Å². The number of fused-ring (bicyclic) bond motifs is 2. The number of benzene rings is 2. The van der Waals surface area contributed by atoms with Gasteiger partial charge in [0.1, 0.15) is 22.2 Å². The maximum atomic E-state index is 11.1. The molecule has 0 aliphatic heterocycles. The third-order valence-electron chi connectivity index (χ3n) is 4.80. The molecule has 0 radical (unpaired) electrons. The summed E-state index contributed by atoms with van der Waals surface area (Å²) in [7, 11) is -3.47. The van der Waals surface area contributed by atoms with E-state index in [-0.39, 0.29) is 13.0 Å². The fourth-order valence-electron chi connectivity index (χ4n) is 3.26. The Morgan fingerprint density at radius 2 is 1.83 bits per heavy atom. The second-order valence-corrected chi connectivity index (χ2v) is 10.6. The molecule has 0 N–H and O–H groups in total. The van der Waals surface area contributed by atoms with Crippen molar-refractivity contribution in [1.82, 2.24) is 4.98 Å². The molecular formula is C27H26N2O5S. The normalized spacial score (nSPS) is 12.5. The van der Waals surface area contributed by atoms with Crippen molar-refractivity contribution < 1.29 is 21.9 Å². The molecule has 2 aromatic carbocycles. The molecular weight excluding hydrogens is 464 g/mol. The standard InChI is InChI=1S/C27H26N2O5S/c1-27(2,3)34-29-23-17-26(24-16-20-10-5-6-11-21(20)18-28-24)33-25-15-19(12-13-22(23)25)9-7-8-14-32-35(4,30)31/h5-6,10-13,15-18H,8,14H2,1-4H3. The second kappa shape index (κ2) is 9.90. The summed E-state index contributed by atoms with van der Waals surface area (Å²) in [5, 5.41) is 7.87. The molecule has 0 unspecified atom stereocenters. The highest BCUT2D eigenvalue weighted by Gasteiger charge is 2.12. The van der Waals surface area contributed by atoms with E-state index in [0.717, 1.165) is 22.4 Å². The zero-order valence-electron chi connectivity index (χ0n) is 20.0. The summed E-state index contributed by atoms with van der Waals surface area (Å²) >= 11 is 0. The molecule has 4 aromatic rings. The second-order valence-electron chi connectivity index (χ2n) is 9.00. The fourth-order valence-corrected chi connectivity index (χ4v) is 3.65. The van der Waals surface area contributed by atoms with Crippen molar-refractivity contribution in [1.29, 1.82) is 0 Å². The van der Waals surface area contributed by atoms with Crippen LogP contribution in [0.5, 0.6) is 0 Å². The van der Waals surface area contributed by atoms with Crippen LogP contribution in [0.25, 0.3) is 33.2 Å². The fraction of sp³-hybridized carbons (Fsp3) is 0.259. The molecule has 0 saturated heterocycles. The van der Waals surface area contributed by atoms with E-state index in [9.17, 15) is 8.42 Å². The lowest BCUT2D eigenvalue weighted by atomic mass is 10.1. The molecule has 0 saturated carbocycles. The Bertz CT molecular complexity index is 1620. The lowest BCUT2D eigenvalue weighted by Crippen LogP contribution is -2.18. The van der Waals surface area contributed by atoms with E-state index in [4.69, 9.17) is 13.4 Å². The smallest absolute Gasteiger partial charge is 0.264 e. The van der Waals surface area contributed by atoms with Crippen LogP contribution in [0.3, 0.4) is 0 Å². The number of rotatable bonds is 5. The number of hydrogen-bond donors (Lipinski definition) is 0. The van der Waals surface area contributed by atoms with Gasteiger partial charge in [-0.3, -0.25) is 9.17 Å². The molecule has 0 amide bonds. The Balaban J connectivity index is 1.76. The molecule has 0 aliphatic rings. The van der Waals surface area contributed by atoms with Crippen LogP contribution in [0.15, 0.2) is 70.4 Å². The SMILES string of the molecule is CC(C)(C)ON=c1cc(-c2cc3ccccc3cn2)oc2cc(C#CCCOS(C)(=O)=O)ccc12. The van der Waals surface area contributed by atoms with Gasteiger partial charge in [-0.15, -0.1) is 0 Å². The molecule has 4 rings (SSSR count). The van der Waals surface area contributed by atoms with E-state index in [1.54, 1.807) is 0 Å². The van der Waals surface area contributed by atoms with Crippen molar-refractivity contribution in [3.8, 4) is 23.3 Å².